The molecule has 6 nitrogen and oxygen atoms in total. The maximum absolute atomic E-state index is 13.5. The van der Waals surface area contributed by atoms with E-state index in [-0.39, 0.29) is 17.1 Å². The predicted octanol–water partition coefficient (Wildman–Crippen LogP) is 4.55. The van der Waals surface area contributed by atoms with Crippen LogP contribution in [0.3, 0.4) is 0 Å². The van der Waals surface area contributed by atoms with Crippen molar-refractivity contribution in [2.24, 2.45) is 0 Å². The van der Waals surface area contributed by atoms with Crippen LogP contribution in [-0.4, -0.2) is 15.9 Å². The maximum Gasteiger partial charge on any atom is 0.297 e. The minimum atomic E-state index is -0.650. The lowest BCUT2D eigenvalue weighted by Crippen LogP contribution is -2.29. The molecular weight excluding hydrogens is 398 g/mol. The second-order valence-electron chi connectivity index (χ2n) is 7.00. The van der Waals surface area contributed by atoms with Crippen molar-refractivity contribution in [3.05, 3.63) is 100 Å². The molecule has 144 valence electrons. The second-order valence-corrected chi connectivity index (χ2v) is 8.01. The number of carbonyl (C=O) groups excluding carboxylic acids is 1. The lowest BCUT2D eigenvalue weighted by atomic mass is 10.0. The lowest BCUT2D eigenvalue weighted by molar-refractivity contribution is 0.0971. The van der Waals surface area contributed by atoms with Gasteiger partial charge in [0.05, 0.1) is 27.2 Å². The van der Waals surface area contributed by atoms with Crippen LogP contribution in [0.15, 0.2) is 82.3 Å². The molecule has 6 rings (SSSR count). The third kappa shape index (κ3) is 2.36. The smallest absolute Gasteiger partial charge is 0.297 e. The van der Waals surface area contributed by atoms with Crippen molar-refractivity contribution in [3.8, 4) is 0 Å². The summed E-state index contributed by atoms with van der Waals surface area (Å²) in [6.07, 6.45) is 3.33. The SMILES string of the molecule is O=C1c2oc3ccccc3c(=O)c2C(c2cccnc2)N1c1nc2ccccc2s1. The molecule has 1 aliphatic rings. The maximum atomic E-state index is 13.5. The summed E-state index contributed by atoms with van der Waals surface area (Å²) in [7, 11) is 0. The minimum Gasteiger partial charge on any atom is -0.450 e. The van der Waals surface area contributed by atoms with E-state index in [0.717, 1.165) is 15.8 Å². The molecule has 0 saturated carbocycles. The normalized spacial score (nSPS) is 15.8. The van der Waals surface area contributed by atoms with E-state index in [4.69, 9.17) is 4.42 Å². The molecule has 4 heterocycles. The summed E-state index contributed by atoms with van der Waals surface area (Å²) in [6, 6.07) is 17.7. The van der Waals surface area contributed by atoms with E-state index in [1.54, 1.807) is 47.6 Å². The summed E-state index contributed by atoms with van der Waals surface area (Å²) < 4.78 is 6.90. The highest BCUT2D eigenvalue weighted by atomic mass is 32.1. The first-order valence-electron chi connectivity index (χ1n) is 9.37. The third-order valence-electron chi connectivity index (χ3n) is 5.27. The van der Waals surface area contributed by atoms with Gasteiger partial charge in [-0.15, -0.1) is 0 Å². The number of anilines is 1. The average molecular weight is 411 g/mol. The Kier molecular flexibility index (Phi) is 3.60. The monoisotopic (exact) mass is 411 g/mol. The Morgan fingerprint density at radius 3 is 2.63 bits per heavy atom. The molecule has 1 amide bonds. The molecule has 1 unspecified atom stereocenters. The molecule has 0 N–H and O–H groups in total. The van der Waals surface area contributed by atoms with Gasteiger partial charge in [0.25, 0.3) is 5.91 Å². The fraction of sp³-hybridized carbons (Fsp3) is 0.0435. The second kappa shape index (κ2) is 6.33. The van der Waals surface area contributed by atoms with Gasteiger partial charge < -0.3 is 4.42 Å². The predicted molar refractivity (Wildman–Crippen MR) is 115 cm³/mol. The van der Waals surface area contributed by atoms with Crippen LogP contribution in [0.4, 0.5) is 5.13 Å². The van der Waals surface area contributed by atoms with Crippen molar-refractivity contribution < 1.29 is 9.21 Å². The van der Waals surface area contributed by atoms with Crippen LogP contribution >= 0.6 is 11.3 Å². The fourth-order valence-corrected chi connectivity index (χ4v) is 4.93. The van der Waals surface area contributed by atoms with E-state index in [0.29, 0.717) is 21.7 Å². The van der Waals surface area contributed by atoms with Gasteiger partial charge in [-0.3, -0.25) is 19.5 Å². The van der Waals surface area contributed by atoms with Gasteiger partial charge in [0.15, 0.2) is 10.6 Å². The number of carbonyl (C=O) groups is 1. The Morgan fingerprint density at radius 2 is 1.80 bits per heavy atom. The zero-order valence-corrected chi connectivity index (χ0v) is 16.3. The summed E-state index contributed by atoms with van der Waals surface area (Å²) >= 11 is 1.41. The summed E-state index contributed by atoms with van der Waals surface area (Å²) in [5.74, 6) is -0.312. The number of benzene rings is 2. The van der Waals surface area contributed by atoms with E-state index < -0.39 is 6.04 Å². The van der Waals surface area contributed by atoms with Crippen molar-refractivity contribution in [3.63, 3.8) is 0 Å². The highest BCUT2D eigenvalue weighted by Crippen LogP contribution is 2.43. The third-order valence-corrected chi connectivity index (χ3v) is 6.30. The zero-order chi connectivity index (χ0) is 20.2. The van der Waals surface area contributed by atoms with E-state index in [9.17, 15) is 9.59 Å². The van der Waals surface area contributed by atoms with Crippen molar-refractivity contribution in [1.82, 2.24) is 9.97 Å². The molecule has 2 aromatic carbocycles. The zero-order valence-electron chi connectivity index (χ0n) is 15.5. The van der Waals surface area contributed by atoms with Crippen LogP contribution in [0.2, 0.25) is 0 Å². The molecule has 1 atom stereocenters. The molecule has 1 aliphatic heterocycles. The van der Waals surface area contributed by atoms with E-state index in [1.807, 2.05) is 30.3 Å². The van der Waals surface area contributed by atoms with Crippen molar-refractivity contribution in [2.75, 3.05) is 4.90 Å². The molecule has 5 aromatic rings. The van der Waals surface area contributed by atoms with Crippen LogP contribution in [0.5, 0.6) is 0 Å². The van der Waals surface area contributed by atoms with E-state index in [1.165, 1.54) is 11.3 Å². The summed E-state index contributed by atoms with van der Waals surface area (Å²) in [4.78, 5) is 37.3. The van der Waals surface area contributed by atoms with Crippen LogP contribution < -0.4 is 10.3 Å². The number of nitrogens with zero attached hydrogens (tertiary/aromatic N) is 3. The lowest BCUT2D eigenvalue weighted by Gasteiger charge is -2.22. The first kappa shape index (κ1) is 17.1. The number of amides is 1. The Bertz CT molecular complexity index is 1470. The number of thiazole rings is 1. The number of rotatable bonds is 2. The summed E-state index contributed by atoms with van der Waals surface area (Å²) in [5, 5.41) is 0.967. The Balaban J connectivity index is 1.66. The molecule has 0 aliphatic carbocycles. The summed E-state index contributed by atoms with van der Waals surface area (Å²) in [5.41, 5.74) is 2.04. The van der Waals surface area contributed by atoms with Crippen molar-refractivity contribution in [2.45, 2.75) is 6.04 Å². The van der Waals surface area contributed by atoms with Gasteiger partial charge in [-0.2, -0.15) is 0 Å². The molecule has 7 heteroatoms. The molecule has 0 radical (unpaired) electrons. The van der Waals surface area contributed by atoms with Gasteiger partial charge in [0.1, 0.15) is 5.58 Å². The first-order chi connectivity index (χ1) is 14.7. The molecular formula is C23H13N3O3S. The molecule has 0 saturated heterocycles. The fourth-order valence-electron chi connectivity index (χ4n) is 3.93. The number of fused-ring (bicyclic) bond motifs is 3. The number of para-hydroxylation sites is 2. The largest absolute Gasteiger partial charge is 0.450 e. The van der Waals surface area contributed by atoms with Crippen LogP contribution in [0.25, 0.3) is 21.2 Å². The summed E-state index contributed by atoms with van der Waals surface area (Å²) in [6.45, 7) is 0. The van der Waals surface area contributed by atoms with Crippen LogP contribution in [0.1, 0.15) is 27.7 Å². The van der Waals surface area contributed by atoms with Crippen LogP contribution in [0, 0.1) is 0 Å². The number of aromatic nitrogens is 2. The van der Waals surface area contributed by atoms with E-state index in [2.05, 4.69) is 9.97 Å². The van der Waals surface area contributed by atoms with Gasteiger partial charge in [-0.05, 0) is 35.9 Å². The van der Waals surface area contributed by atoms with Crippen molar-refractivity contribution in [1.29, 1.82) is 0 Å². The topological polar surface area (TPSA) is 76.3 Å². The minimum absolute atomic E-state index is 0.0619. The highest BCUT2D eigenvalue weighted by molar-refractivity contribution is 7.22. The first-order valence-corrected chi connectivity index (χ1v) is 10.2. The molecule has 0 fully saturated rings. The van der Waals surface area contributed by atoms with Crippen molar-refractivity contribution >= 4 is 43.6 Å². The Labute approximate surface area is 174 Å². The molecule has 0 bridgehead atoms. The molecule has 30 heavy (non-hydrogen) atoms. The van der Waals surface area contributed by atoms with Gasteiger partial charge in [-0.25, -0.2) is 4.98 Å². The highest BCUT2D eigenvalue weighted by Gasteiger charge is 2.45. The standard InChI is InChI=1S/C23H13N3O3S/c27-20-14-7-1-3-9-16(14)29-21-18(20)19(13-6-5-11-24-12-13)26(22(21)28)23-25-15-8-2-4-10-17(15)30-23/h1-12,19H. The van der Waals surface area contributed by atoms with E-state index >= 15 is 0 Å². The Hall–Kier alpha value is -3.84. The average Bonchev–Trinajstić information content (AvgIpc) is 3.33. The quantitative estimate of drug-likeness (QED) is 0.426. The number of hydrogen-bond acceptors (Lipinski definition) is 6. The van der Waals surface area contributed by atoms with Gasteiger partial charge in [0.2, 0.25) is 5.76 Å². The van der Waals surface area contributed by atoms with Gasteiger partial charge in [0, 0.05) is 12.4 Å². The van der Waals surface area contributed by atoms with Gasteiger partial charge in [-0.1, -0.05) is 41.7 Å². The molecule has 0 spiro atoms. The van der Waals surface area contributed by atoms with Crippen LogP contribution in [-0.2, 0) is 0 Å². The number of hydrogen-bond donors (Lipinski definition) is 0. The molecule has 3 aromatic heterocycles. The van der Waals surface area contributed by atoms with Gasteiger partial charge >= 0.3 is 0 Å². The Morgan fingerprint density at radius 1 is 0.967 bits per heavy atom. The number of pyridine rings is 1.